The molecule has 3 aliphatic rings. The van der Waals surface area contributed by atoms with Crippen molar-refractivity contribution in [2.24, 2.45) is 29.6 Å². The summed E-state index contributed by atoms with van der Waals surface area (Å²) in [6, 6.07) is -0.769. The second-order valence-electron chi connectivity index (χ2n) is 6.87. The molecule has 0 unspecified atom stereocenters. The fraction of sp³-hybridized carbons (Fsp3) is 0.812. The maximum Gasteiger partial charge on any atom is 0.329 e. The van der Waals surface area contributed by atoms with E-state index < -0.39 is 12.0 Å². The summed E-state index contributed by atoms with van der Waals surface area (Å²) in [6.07, 6.45) is 3.10. The normalized spacial score (nSPS) is 35.5. The largest absolute Gasteiger partial charge is 0.464 e. The van der Waals surface area contributed by atoms with Crippen LogP contribution in [0, 0.1) is 29.6 Å². The van der Waals surface area contributed by atoms with Crippen LogP contribution >= 0.6 is 0 Å². The summed E-state index contributed by atoms with van der Waals surface area (Å²) >= 11 is 0. The molecule has 0 radical (unpaired) electrons. The Bertz CT molecular complexity index is 459. The van der Waals surface area contributed by atoms with Gasteiger partial charge >= 0.3 is 5.97 Å². The average molecular weight is 293 g/mol. The van der Waals surface area contributed by atoms with Gasteiger partial charge in [-0.3, -0.25) is 14.5 Å². The summed E-state index contributed by atoms with van der Waals surface area (Å²) < 4.78 is 5.08. The van der Waals surface area contributed by atoms with Crippen molar-refractivity contribution in [2.45, 2.75) is 46.1 Å². The van der Waals surface area contributed by atoms with E-state index in [4.69, 9.17) is 4.74 Å². The van der Waals surface area contributed by atoms with Gasteiger partial charge in [-0.05, 0) is 43.9 Å². The molecule has 2 saturated carbocycles. The van der Waals surface area contributed by atoms with Crippen LogP contribution in [0.5, 0.6) is 0 Å². The van der Waals surface area contributed by atoms with Crippen molar-refractivity contribution in [2.75, 3.05) is 6.61 Å². The van der Waals surface area contributed by atoms with E-state index >= 15 is 0 Å². The Morgan fingerprint density at radius 3 is 2.14 bits per heavy atom. The van der Waals surface area contributed by atoms with Gasteiger partial charge in [0.05, 0.1) is 18.4 Å². The highest BCUT2D eigenvalue weighted by atomic mass is 16.5. The minimum Gasteiger partial charge on any atom is -0.464 e. The Balaban J connectivity index is 1.89. The molecule has 1 heterocycles. The van der Waals surface area contributed by atoms with Crippen LogP contribution < -0.4 is 0 Å². The number of carbonyl (C=O) groups excluding carboxylic acids is 3. The molecule has 5 heteroatoms. The van der Waals surface area contributed by atoms with Gasteiger partial charge in [-0.2, -0.15) is 0 Å². The van der Waals surface area contributed by atoms with Crippen molar-refractivity contribution < 1.29 is 19.1 Å². The number of hydrogen-bond acceptors (Lipinski definition) is 4. The standard InChI is InChI=1S/C16H23NO4/c1-4-21-16(20)13(8(2)3)17-14(18)11-9-5-6-10(7-9)12(11)15(17)19/h8-13H,4-7H2,1-3H3/t9-,10+,11-,12-,13-/m0/s1. The summed E-state index contributed by atoms with van der Waals surface area (Å²) in [5, 5.41) is 0. The Morgan fingerprint density at radius 1 is 1.19 bits per heavy atom. The molecule has 5 nitrogen and oxygen atoms in total. The molecule has 2 aliphatic carbocycles. The van der Waals surface area contributed by atoms with E-state index in [9.17, 15) is 14.4 Å². The predicted octanol–water partition coefficient (Wildman–Crippen LogP) is 1.61. The zero-order valence-electron chi connectivity index (χ0n) is 12.9. The molecule has 3 fully saturated rings. The highest BCUT2D eigenvalue weighted by Crippen LogP contribution is 2.56. The van der Waals surface area contributed by atoms with Gasteiger partial charge in [0.2, 0.25) is 11.8 Å². The Morgan fingerprint density at radius 2 is 1.71 bits per heavy atom. The van der Waals surface area contributed by atoms with Crippen molar-refractivity contribution in [1.29, 1.82) is 0 Å². The Hall–Kier alpha value is -1.39. The van der Waals surface area contributed by atoms with Crippen LogP contribution in [0.2, 0.25) is 0 Å². The SMILES string of the molecule is CCOC(=O)[C@H](C(C)C)N1C(=O)[C@H]2[C@@H]3CC[C@@H](C3)[C@@H]2C1=O. The molecule has 5 atom stereocenters. The van der Waals surface area contributed by atoms with E-state index in [1.165, 1.54) is 4.90 Å². The fourth-order valence-electron chi connectivity index (χ4n) is 4.61. The first-order valence-corrected chi connectivity index (χ1v) is 8.00. The number of esters is 1. The molecule has 1 saturated heterocycles. The average Bonchev–Trinajstić information content (AvgIpc) is 3.08. The lowest BCUT2D eigenvalue weighted by Gasteiger charge is -2.28. The smallest absolute Gasteiger partial charge is 0.329 e. The number of likely N-dealkylation sites (tertiary alicyclic amines) is 1. The lowest BCUT2D eigenvalue weighted by Crippen LogP contribution is -2.49. The number of ether oxygens (including phenoxy) is 1. The first-order chi connectivity index (χ1) is 9.97. The second kappa shape index (κ2) is 5.11. The second-order valence-corrected chi connectivity index (χ2v) is 6.87. The summed E-state index contributed by atoms with van der Waals surface area (Å²) in [4.78, 5) is 38.9. The minimum atomic E-state index is -0.769. The zero-order chi connectivity index (χ0) is 15.3. The highest BCUT2D eigenvalue weighted by molar-refractivity contribution is 6.08. The van der Waals surface area contributed by atoms with Crippen molar-refractivity contribution in [3.05, 3.63) is 0 Å². The molecule has 0 aromatic heterocycles. The van der Waals surface area contributed by atoms with Crippen LogP contribution in [0.25, 0.3) is 0 Å². The van der Waals surface area contributed by atoms with E-state index in [0.717, 1.165) is 19.3 Å². The Kier molecular flexibility index (Phi) is 3.54. The monoisotopic (exact) mass is 293 g/mol. The lowest BCUT2D eigenvalue weighted by molar-refractivity contribution is -0.161. The van der Waals surface area contributed by atoms with E-state index in [1.807, 2.05) is 13.8 Å². The number of imide groups is 1. The summed E-state index contributed by atoms with van der Waals surface area (Å²) in [5.74, 6) is -0.519. The van der Waals surface area contributed by atoms with Gasteiger partial charge in [0.15, 0.2) is 0 Å². The van der Waals surface area contributed by atoms with Gasteiger partial charge in [0.1, 0.15) is 6.04 Å². The molecule has 21 heavy (non-hydrogen) atoms. The van der Waals surface area contributed by atoms with Gasteiger partial charge in [0.25, 0.3) is 0 Å². The minimum absolute atomic E-state index is 0.131. The molecule has 2 amide bonds. The molecular formula is C16H23NO4. The van der Waals surface area contributed by atoms with E-state index in [-0.39, 0.29) is 36.2 Å². The number of fused-ring (bicyclic) bond motifs is 5. The molecule has 0 spiro atoms. The van der Waals surface area contributed by atoms with Gasteiger partial charge in [-0.25, -0.2) is 4.79 Å². The van der Waals surface area contributed by atoms with Gasteiger partial charge in [-0.15, -0.1) is 0 Å². The van der Waals surface area contributed by atoms with Crippen LogP contribution in [0.4, 0.5) is 0 Å². The lowest BCUT2D eigenvalue weighted by atomic mass is 9.81. The quantitative estimate of drug-likeness (QED) is 0.583. The predicted molar refractivity (Wildman–Crippen MR) is 74.9 cm³/mol. The number of rotatable bonds is 4. The van der Waals surface area contributed by atoms with Crippen molar-refractivity contribution in [3.8, 4) is 0 Å². The highest BCUT2D eigenvalue weighted by Gasteiger charge is 2.62. The topological polar surface area (TPSA) is 63.7 Å². The maximum absolute atomic E-state index is 12.7. The maximum atomic E-state index is 12.7. The van der Waals surface area contributed by atoms with Crippen molar-refractivity contribution in [1.82, 2.24) is 4.90 Å². The molecule has 116 valence electrons. The Labute approximate surface area is 125 Å². The number of nitrogens with zero attached hydrogens (tertiary/aromatic N) is 1. The summed E-state index contributed by atoms with van der Waals surface area (Å²) in [7, 11) is 0. The molecule has 0 aromatic carbocycles. The van der Waals surface area contributed by atoms with Gasteiger partial charge < -0.3 is 4.74 Å². The van der Waals surface area contributed by atoms with Crippen molar-refractivity contribution >= 4 is 17.8 Å². The molecule has 3 rings (SSSR count). The van der Waals surface area contributed by atoms with Crippen LogP contribution in [0.1, 0.15) is 40.0 Å². The van der Waals surface area contributed by atoms with Crippen LogP contribution in [0.15, 0.2) is 0 Å². The number of amides is 2. The molecule has 0 aromatic rings. The third kappa shape index (κ3) is 2.00. The van der Waals surface area contributed by atoms with Crippen LogP contribution in [-0.2, 0) is 19.1 Å². The number of hydrogen-bond donors (Lipinski definition) is 0. The first-order valence-electron chi connectivity index (χ1n) is 8.00. The number of carbonyl (C=O) groups is 3. The fourth-order valence-corrected chi connectivity index (χ4v) is 4.61. The molecule has 1 aliphatic heterocycles. The molecule has 0 N–H and O–H groups in total. The van der Waals surface area contributed by atoms with Crippen molar-refractivity contribution in [3.63, 3.8) is 0 Å². The van der Waals surface area contributed by atoms with E-state index in [1.54, 1.807) is 6.92 Å². The molecular weight excluding hydrogens is 270 g/mol. The molecule has 2 bridgehead atoms. The van der Waals surface area contributed by atoms with Gasteiger partial charge in [-0.1, -0.05) is 13.8 Å². The van der Waals surface area contributed by atoms with E-state index in [0.29, 0.717) is 11.8 Å². The van der Waals surface area contributed by atoms with Crippen LogP contribution in [-0.4, -0.2) is 35.3 Å². The summed E-state index contributed by atoms with van der Waals surface area (Å²) in [5.41, 5.74) is 0. The zero-order valence-corrected chi connectivity index (χ0v) is 12.9. The first kappa shape index (κ1) is 14.5. The summed E-state index contributed by atoms with van der Waals surface area (Å²) in [6.45, 7) is 5.70. The third-order valence-corrected chi connectivity index (χ3v) is 5.40. The van der Waals surface area contributed by atoms with Gasteiger partial charge in [0, 0.05) is 0 Å². The van der Waals surface area contributed by atoms with Crippen LogP contribution in [0.3, 0.4) is 0 Å². The van der Waals surface area contributed by atoms with E-state index in [2.05, 4.69) is 0 Å². The third-order valence-electron chi connectivity index (χ3n) is 5.40.